The van der Waals surface area contributed by atoms with Gasteiger partial charge >= 0.3 is 12.1 Å². The Hall–Kier alpha value is -4.12. The summed E-state index contributed by atoms with van der Waals surface area (Å²) in [5, 5.41) is 15.6. The third-order valence-electron chi connectivity index (χ3n) is 6.21. The predicted octanol–water partition coefficient (Wildman–Crippen LogP) is 3.64. The molecule has 0 saturated carbocycles. The lowest BCUT2D eigenvalue weighted by molar-refractivity contribution is -0.0418. The number of nitrogens with zero attached hydrogens (tertiary/aromatic N) is 3. The zero-order chi connectivity index (χ0) is 24.9. The summed E-state index contributed by atoms with van der Waals surface area (Å²) in [6.45, 7) is 0.239. The van der Waals surface area contributed by atoms with Crippen LogP contribution in [0.2, 0.25) is 5.02 Å². The van der Waals surface area contributed by atoms with Crippen LogP contribution in [0.5, 0.6) is 0 Å². The van der Waals surface area contributed by atoms with Crippen molar-refractivity contribution in [2.75, 3.05) is 24.1 Å². The molecule has 1 aromatic heterocycles. The van der Waals surface area contributed by atoms with Crippen molar-refractivity contribution in [2.45, 2.75) is 18.4 Å². The van der Waals surface area contributed by atoms with E-state index >= 15 is 4.39 Å². The molecule has 4 N–H and O–H groups in total. The minimum atomic E-state index is -1.40. The van der Waals surface area contributed by atoms with Crippen LogP contribution in [0.3, 0.4) is 0 Å². The fourth-order valence-corrected chi connectivity index (χ4v) is 4.75. The van der Waals surface area contributed by atoms with E-state index in [1.54, 1.807) is 0 Å². The summed E-state index contributed by atoms with van der Waals surface area (Å²) in [4.78, 5) is 38.2. The number of benzene rings is 2. The number of fused-ring (bicyclic) bond motifs is 2. The molecule has 3 heterocycles. The van der Waals surface area contributed by atoms with Crippen LogP contribution >= 0.6 is 11.6 Å². The van der Waals surface area contributed by atoms with E-state index < -0.39 is 29.4 Å². The number of carbonyl (C=O) groups excluding carboxylic acids is 2. The first-order valence-electron chi connectivity index (χ1n) is 10.7. The van der Waals surface area contributed by atoms with Gasteiger partial charge in [-0.1, -0.05) is 11.6 Å². The quantitative estimate of drug-likeness (QED) is 0.499. The molecule has 2 aliphatic heterocycles. The second-order valence-corrected chi connectivity index (χ2v) is 8.74. The Morgan fingerprint density at radius 2 is 1.97 bits per heavy atom. The maximum absolute atomic E-state index is 15.1. The van der Waals surface area contributed by atoms with Crippen LogP contribution in [-0.4, -0.2) is 50.8 Å². The molecular weight excluding hydrogens is 481 g/mol. The molecular formula is C23H19ClFN5O5. The molecule has 2 aromatic carbocycles. The number of amides is 2. The van der Waals surface area contributed by atoms with Gasteiger partial charge in [0, 0.05) is 6.54 Å². The number of anilines is 2. The van der Waals surface area contributed by atoms with Gasteiger partial charge in [-0.3, -0.25) is 10.1 Å². The van der Waals surface area contributed by atoms with Crippen LogP contribution in [0.15, 0.2) is 42.6 Å². The Morgan fingerprint density at radius 1 is 1.23 bits per heavy atom. The molecule has 1 saturated heterocycles. The van der Waals surface area contributed by atoms with Crippen molar-refractivity contribution in [3.63, 3.8) is 0 Å². The first-order valence-corrected chi connectivity index (χ1v) is 11.0. The normalized spacial score (nSPS) is 19.1. The average molecular weight is 500 g/mol. The number of hydrogen-bond acceptors (Lipinski definition) is 6. The highest BCUT2D eigenvalue weighted by Crippen LogP contribution is 2.45. The molecule has 35 heavy (non-hydrogen) atoms. The van der Waals surface area contributed by atoms with E-state index in [1.165, 1.54) is 52.2 Å². The fraction of sp³-hybridized carbons (Fsp3) is 0.217. The number of carboxylic acid groups (broad SMARTS) is 1. The summed E-state index contributed by atoms with van der Waals surface area (Å²) in [5.74, 6) is -2.20. The number of halogens is 2. The van der Waals surface area contributed by atoms with Gasteiger partial charge in [0.25, 0.3) is 5.91 Å². The second-order valence-electron chi connectivity index (χ2n) is 8.33. The van der Waals surface area contributed by atoms with E-state index in [4.69, 9.17) is 27.2 Å². The van der Waals surface area contributed by atoms with Crippen molar-refractivity contribution in [3.8, 4) is 5.69 Å². The number of carbonyl (C=O) groups is 3. The SMILES string of the molecule is Nc1c(C(=O)N2CCC[C@@]3(C2)OC(=O)Nc2ccc(Cl)c(F)c23)cnn1-c1ccc(C(=O)O)cc1. The number of aromatic carboxylic acids is 1. The number of aromatic nitrogens is 2. The van der Waals surface area contributed by atoms with Crippen LogP contribution in [0.25, 0.3) is 5.69 Å². The third kappa shape index (κ3) is 3.73. The van der Waals surface area contributed by atoms with Gasteiger partial charge in [-0.15, -0.1) is 0 Å². The first-order chi connectivity index (χ1) is 16.7. The lowest BCUT2D eigenvalue weighted by Crippen LogP contribution is -2.53. The summed E-state index contributed by atoms with van der Waals surface area (Å²) in [5.41, 5.74) is 5.83. The van der Waals surface area contributed by atoms with Crippen molar-refractivity contribution < 1.29 is 28.6 Å². The van der Waals surface area contributed by atoms with E-state index in [9.17, 15) is 14.4 Å². The molecule has 1 spiro atoms. The molecule has 5 rings (SSSR count). The smallest absolute Gasteiger partial charge is 0.412 e. The summed E-state index contributed by atoms with van der Waals surface area (Å²) in [6, 6.07) is 8.69. The summed E-state index contributed by atoms with van der Waals surface area (Å²) < 4.78 is 22.0. The van der Waals surface area contributed by atoms with Gasteiger partial charge in [-0.25, -0.2) is 18.7 Å². The van der Waals surface area contributed by atoms with Gasteiger partial charge in [0.05, 0.1) is 40.3 Å². The maximum atomic E-state index is 15.1. The molecule has 0 unspecified atom stereocenters. The van der Waals surface area contributed by atoms with E-state index in [-0.39, 0.29) is 39.8 Å². The number of likely N-dealkylation sites (tertiary alicyclic amines) is 1. The molecule has 10 nitrogen and oxygen atoms in total. The second kappa shape index (κ2) is 8.27. The minimum absolute atomic E-state index is 0.0506. The number of nitrogens with one attached hydrogen (secondary N) is 1. The molecule has 180 valence electrons. The van der Waals surface area contributed by atoms with Crippen molar-refractivity contribution >= 4 is 41.1 Å². The van der Waals surface area contributed by atoms with Crippen molar-refractivity contribution in [1.29, 1.82) is 0 Å². The number of ether oxygens (including phenoxy) is 1. The molecule has 1 fully saturated rings. The highest BCUT2D eigenvalue weighted by atomic mass is 35.5. The third-order valence-corrected chi connectivity index (χ3v) is 6.50. The van der Waals surface area contributed by atoms with Gasteiger partial charge in [0.15, 0.2) is 11.4 Å². The van der Waals surface area contributed by atoms with Gasteiger partial charge in [0.2, 0.25) is 0 Å². The van der Waals surface area contributed by atoms with Crippen LogP contribution in [0.1, 0.15) is 39.1 Å². The Bertz CT molecular complexity index is 1380. The van der Waals surface area contributed by atoms with Crippen molar-refractivity contribution in [2.24, 2.45) is 0 Å². The monoisotopic (exact) mass is 499 g/mol. The summed E-state index contributed by atoms with van der Waals surface area (Å²) >= 11 is 6.00. The number of carboxylic acids is 1. The van der Waals surface area contributed by atoms with E-state index in [2.05, 4.69) is 10.4 Å². The zero-order valence-corrected chi connectivity index (χ0v) is 18.9. The lowest BCUT2D eigenvalue weighted by atomic mass is 9.83. The number of piperidine rings is 1. The average Bonchev–Trinajstić information content (AvgIpc) is 3.22. The summed E-state index contributed by atoms with van der Waals surface area (Å²) in [7, 11) is 0. The molecule has 12 heteroatoms. The van der Waals surface area contributed by atoms with Crippen LogP contribution in [0.4, 0.5) is 20.7 Å². The molecule has 1 atom stereocenters. The predicted molar refractivity (Wildman–Crippen MR) is 123 cm³/mol. The van der Waals surface area contributed by atoms with Crippen molar-refractivity contribution in [1.82, 2.24) is 14.7 Å². The largest absolute Gasteiger partial charge is 0.478 e. The summed E-state index contributed by atoms with van der Waals surface area (Å²) in [6.07, 6.45) is 1.31. The standard InChI is InChI=1S/C23H19ClFN5O5/c24-15-6-7-16-17(18(15)25)23(35-22(34)28-16)8-1-9-29(11-23)20(31)14-10-27-30(19(14)26)13-4-2-12(3-5-13)21(32)33/h2-7,10H,1,8-9,11,26H2,(H,28,34)(H,32,33)/t23-/m0/s1. The molecule has 2 aliphatic rings. The molecule has 0 radical (unpaired) electrons. The molecule has 0 aliphatic carbocycles. The zero-order valence-electron chi connectivity index (χ0n) is 18.1. The molecule has 2 amide bonds. The van der Waals surface area contributed by atoms with Crippen molar-refractivity contribution in [3.05, 3.63) is 70.1 Å². The first kappa shape index (κ1) is 22.7. The van der Waals surface area contributed by atoms with Gasteiger partial charge in [-0.2, -0.15) is 5.10 Å². The number of nitrogen functional groups attached to an aromatic ring is 1. The van der Waals surface area contributed by atoms with Crippen LogP contribution in [0, 0.1) is 5.82 Å². The minimum Gasteiger partial charge on any atom is -0.478 e. The van der Waals surface area contributed by atoms with E-state index in [0.717, 1.165) is 0 Å². The highest BCUT2D eigenvalue weighted by molar-refractivity contribution is 6.31. The van der Waals surface area contributed by atoms with E-state index in [0.29, 0.717) is 25.1 Å². The Morgan fingerprint density at radius 3 is 2.69 bits per heavy atom. The fourth-order valence-electron chi connectivity index (χ4n) is 4.59. The van der Waals surface area contributed by atoms with Crippen LogP contribution in [-0.2, 0) is 10.3 Å². The topological polar surface area (TPSA) is 140 Å². The number of rotatable bonds is 3. The number of nitrogens with two attached hydrogens (primary N) is 1. The molecule has 3 aromatic rings. The van der Waals surface area contributed by atoms with Gasteiger partial charge in [0.1, 0.15) is 11.4 Å². The highest BCUT2D eigenvalue weighted by Gasteiger charge is 2.48. The van der Waals surface area contributed by atoms with Gasteiger partial charge < -0.3 is 20.5 Å². The van der Waals surface area contributed by atoms with Crippen LogP contribution < -0.4 is 11.1 Å². The molecule has 0 bridgehead atoms. The Labute approximate surface area is 203 Å². The Kier molecular flexibility index (Phi) is 5.36. The lowest BCUT2D eigenvalue weighted by Gasteiger charge is -2.45. The Balaban J connectivity index is 1.46. The maximum Gasteiger partial charge on any atom is 0.412 e. The number of hydrogen-bond donors (Lipinski definition) is 3. The van der Waals surface area contributed by atoms with Gasteiger partial charge in [-0.05, 0) is 49.2 Å². The van der Waals surface area contributed by atoms with E-state index in [1.807, 2.05) is 0 Å².